The van der Waals surface area contributed by atoms with Crippen molar-refractivity contribution >= 4 is 17.7 Å². The second-order valence-electron chi connectivity index (χ2n) is 3.71. The van der Waals surface area contributed by atoms with Gasteiger partial charge in [0.2, 0.25) is 0 Å². The molecule has 2 nitrogen and oxygen atoms in total. The van der Waals surface area contributed by atoms with E-state index in [4.69, 9.17) is 5.11 Å². The number of carbonyl (C=O) groups is 1. The van der Waals surface area contributed by atoms with Crippen molar-refractivity contribution in [1.82, 2.24) is 0 Å². The Balaban J connectivity index is 4.27. The molecule has 0 fully saturated rings. The van der Waals surface area contributed by atoms with E-state index in [0.29, 0.717) is 0 Å². The molecule has 0 spiro atoms. The van der Waals surface area contributed by atoms with Crippen LogP contribution in [0.25, 0.3) is 0 Å². The van der Waals surface area contributed by atoms with E-state index in [0.717, 1.165) is 11.8 Å². The van der Waals surface area contributed by atoms with E-state index in [1.807, 2.05) is 13.8 Å². The Morgan fingerprint density at radius 2 is 1.80 bits per heavy atom. The summed E-state index contributed by atoms with van der Waals surface area (Å²) in [7, 11) is 0. The van der Waals surface area contributed by atoms with Crippen LogP contribution in [0.5, 0.6) is 0 Å². The first kappa shape index (κ1) is 14.6. The van der Waals surface area contributed by atoms with Crippen LogP contribution in [-0.2, 0) is 4.79 Å². The summed E-state index contributed by atoms with van der Waals surface area (Å²) < 4.78 is 36.7. The lowest BCUT2D eigenvalue weighted by Gasteiger charge is -2.19. The quantitative estimate of drug-likeness (QED) is 0.807. The second-order valence-corrected chi connectivity index (χ2v) is 5.13. The van der Waals surface area contributed by atoms with E-state index in [-0.39, 0.29) is 11.2 Å². The predicted octanol–water partition coefficient (Wildman–Crippen LogP) is 3.03. The zero-order valence-corrected chi connectivity index (χ0v) is 9.65. The Morgan fingerprint density at radius 1 is 1.33 bits per heavy atom. The second kappa shape index (κ2) is 5.63. The molecule has 0 amide bonds. The first-order chi connectivity index (χ1) is 6.66. The molecule has 0 aliphatic carbocycles. The molecular weight excluding hydrogens is 229 g/mol. The molecular formula is C9H15F3O2S. The lowest BCUT2D eigenvalue weighted by Crippen LogP contribution is -2.33. The van der Waals surface area contributed by atoms with E-state index in [9.17, 15) is 18.0 Å². The molecule has 0 bridgehead atoms. The van der Waals surface area contributed by atoms with Crippen molar-refractivity contribution in [2.75, 3.05) is 5.75 Å². The molecule has 1 N–H and O–H groups in total. The number of rotatable bonds is 5. The molecule has 0 rings (SSSR count). The van der Waals surface area contributed by atoms with Crippen LogP contribution >= 0.6 is 11.8 Å². The van der Waals surface area contributed by atoms with Crippen LogP contribution in [-0.4, -0.2) is 28.3 Å². The van der Waals surface area contributed by atoms with Gasteiger partial charge in [-0.1, -0.05) is 20.8 Å². The van der Waals surface area contributed by atoms with Gasteiger partial charge in [-0.15, -0.1) is 0 Å². The maximum Gasteiger partial charge on any atom is 0.403 e. The van der Waals surface area contributed by atoms with Crippen molar-refractivity contribution in [3.63, 3.8) is 0 Å². The molecule has 0 heterocycles. The number of hydrogen-bond donors (Lipinski definition) is 1. The molecule has 0 saturated carbocycles. The van der Waals surface area contributed by atoms with Crippen LogP contribution in [0.3, 0.4) is 0 Å². The van der Waals surface area contributed by atoms with Gasteiger partial charge in [-0.2, -0.15) is 24.9 Å². The summed E-state index contributed by atoms with van der Waals surface area (Å²) in [4.78, 5) is 10.4. The van der Waals surface area contributed by atoms with E-state index in [1.54, 1.807) is 6.92 Å². The summed E-state index contributed by atoms with van der Waals surface area (Å²) in [6, 6.07) is 0. The third-order valence-electron chi connectivity index (χ3n) is 2.16. The minimum atomic E-state index is -4.66. The van der Waals surface area contributed by atoms with Crippen molar-refractivity contribution < 1.29 is 23.1 Å². The van der Waals surface area contributed by atoms with E-state index < -0.39 is 23.8 Å². The zero-order valence-electron chi connectivity index (χ0n) is 8.84. The van der Waals surface area contributed by atoms with E-state index in [1.165, 1.54) is 0 Å². The van der Waals surface area contributed by atoms with Gasteiger partial charge in [0.15, 0.2) is 5.92 Å². The SMILES string of the molecule is CC(C)C(C)SCC(C(=O)O)C(F)(F)F. The van der Waals surface area contributed by atoms with E-state index in [2.05, 4.69) is 0 Å². The Morgan fingerprint density at radius 3 is 2.07 bits per heavy atom. The molecule has 15 heavy (non-hydrogen) atoms. The van der Waals surface area contributed by atoms with E-state index >= 15 is 0 Å². The van der Waals surface area contributed by atoms with Crippen molar-refractivity contribution in [2.24, 2.45) is 11.8 Å². The molecule has 2 atom stereocenters. The highest BCUT2D eigenvalue weighted by Crippen LogP contribution is 2.31. The minimum absolute atomic E-state index is 0.0224. The van der Waals surface area contributed by atoms with Gasteiger partial charge in [0.1, 0.15) is 0 Å². The molecule has 6 heteroatoms. The number of hydrogen-bond acceptors (Lipinski definition) is 2. The number of carboxylic acids is 1. The lowest BCUT2D eigenvalue weighted by atomic mass is 10.1. The van der Waals surface area contributed by atoms with Crippen LogP contribution in [0.2, 0.25) is 0 Å². The highest BCUT2D eigenvalue weighted by atomic mass is 32.2. The van der Waals surface area contributed by atoms with Gasteiger partial charge in [-0.3, -0.25) is 4.79 Å². The molecule has 0 saturated heterocycles. The number of halogens is 3. The molecule has 0 aliphatic rings. The summed E-state index contributed by atoms with van der Waals surface area (Å²) in [6.45, 7) is 5.58. The van der Waals surface area contributed by atoms with Gasteiger partial charge in [-0.05, 0) is 5.92 Å². The first-order valence-corrected chi connectivity index (χ1v) is 5.62. The van der Waals surface area contributed by atoms with Gasteiger partial charge in [-0.25, -0.2) is 0 Å². The Labute approximate surface area is 91.2 Å². The zero-order chi connectivity index (χ0) is 12.2. The summed E-state index contributed by atoms with van der Waals surface area (Å²) in [5, 5.41) is 8.45. The third-order valence-corrected chi connectivity index (χ3v) is 3.75. The maximum atomic E-state index is 12.2. The summed E-state index contributed by atoms with van der Waals surface area (Å²) >= 11 is 1.05. The van der Waals surface area contributed by atoms with Crippen molar-refractivity contribution in [1.29, 1.82) is 0 Å². The predicted molar refractivity (Wildman–Crippen MR) is 53.9 cm³/mol. The highest BCUT2D eigenvalue weighted by Gasteiger charge is 2.45. The fraction of sp³-hybridized carbons (Fsp3) is 0.889. The number of alkyl halides is 3. The monoisotopic (exact) mass is 244 g/mol. The van der Waals surface area contributed by atoms with Gasteiger partial charge < -0.3 is 5.11 Å². The average Bonchev–Trinajstić information content (AvgIpc) is 2.00. The fourth-order valence-electron chi connectivity index (χ4n) is 0.746. The largest absolute Gasteiger partial charge is 0.481 e. The fourth-order valence-corrected chi connectivity index (χ4v) is 1.96. The number of thioether (sulfide) groups is 1. The molecule has 90 valence electrons. The normalized spacial score (nSPS) is 16.5. The van der Waals surface area contributed by atoms with Crippen LogP contribution in [0.1, 0.15) is 20.8 Å². The van der Waals surface area contributed by atoms with Crippen molar-refractivity contribution in [3.05, 3.63) is 0 Å². The van der Waals surface area contributed by atoms with Gasteiger partial charge >= 0.3 is 12.1 Å². The maximum absolute atomic E-state index is 12.2. The molecule has 0 aromatic heterocycles. The number of aliphatic carboxylic acids is 1. The Hall–Kier alpha value is -0.390. The van der Waals surface area contributed by atoms with Gasteiger partial charge in [0.25, 0.3) is 0 Å². The summed E-state index contributed by atoms with van der Waals surface area (Å²) in [6.07, 6.45) is -4.66. The standard InChI is InChI=1S/C9H15F3O2S/c1-5(2)6(3)15-4-7(8(13)14)9(10,11)12/h5-7H,4H2,1-3H3,(H,13,14). The third kappa shape index (κ3) is 5.30. The summed E-state index contributed by atoms with van der Waals surface area (Å²) in [5.41, 5.74) is 0. The van der Waals surface area contributed by atoms with Crippen LogP contribution in [0, 0.1) is 11.8 Å². The lowest BCUT2D eigenvalue weighted by molar-refractivity contribution is -0.188. The Kier molecular flexibility index (Phi) is 5.48. The van der Waals surface area contributed by atoms with Crippen LogP contribution in [0.4, 0.5) is 13.2 Å². The molecule has 0 aromatic carbocycles. The van der Waals surface area contributed by atoms with Gasteiger partial charge in [0, 0.05) is 11.0 Å². The van der Waals surface area contributed by atoms with Crippen LogP contribution < -0.4 is 0 Å². The summed E-state index contributed by atoms with van der Waals surface area (Å²) in [5.74, 6) is -4.25. The Bertz CT molecular complexity index is 216. The van der Waals surface area contributed by atoms with Crippen molar-refractivity contribution in [3.8, 4) is 0 Å². The van der Waals surface area contributed by atoms with Crippen molar-refractivity contribution in [2.45, 2.75) is 32.2 Å². The topological polar surface area (TPSA) is 37.3 Å². The molecule has 2 unspecified atom stereocenters. The smallest absolute Gasteiger partial charge is 0.403 e. The first-order valence-electron chi connectivity index (χ1n) is 4.57. The molecule has 0 aromatic rings. The molecule has 0 radical (unpaired) electrons. The number of carboxylic acid groups (broad SMARTS) is 1. The van der Waals surface area contributed by atoms with Gasteiger partial charge in [0.05, 0.1) is 0 Å². The minimum Gasteiger partial charge on any atom is -0.481 e. The van der Waals surface area contributed by atoms with Crippen LogP contribution in [0.15, 0.2) is 0 Å². The molecule has 0 aliphatic heterocycles. The highest BCUT2D eigenvalue weighted by molar-refractivity contribution is 7.99. The average molecular weight is 244 g/mol.